The number of rotatable bonds is 15. The van der Waals surface area contributed by atoms with Crippen LogP contribution in [0, 0.1) is 0 Å². The summed E-state index contributed by atoms with van der Waals surface area (Å²) in [6, 6.07) is 18.5. The number of benzene rings is 3. The zero-order valence-corrected chi connectivity index (χ0v) is 25.0. The second-order valence-electron chi connectivity index (χ2n) is 10.6. The fourth-order valence-corrected chi connectivity index (χ4v) is 4.38. The zero-order chi connectivity index (χ0) is 34.2. The maximum absolute atomic E-state index is 13.9. The van der Waals surface area contributed by atoms with Crippen molar-refractivity contribution in [3.63, 3.8) is 0 Å². The van der Waals surface area contributed by atoms with Crippen LogP contribution < -0.4 is 0 Å². The van der Waals surface area contributed by atoms with Gasteiger partial charge in [0, 0.05) is 18.5 Å². The molecule has 0 saturated carbocycles. The van der Waals surface area contributed by atoms with Crippen LogP contribution in [-0.4, -0.2) is 41.8 Å². The van der Waals surface area contributed by atoms with Crippen LogP contribution >= 0.6 is 0 Å². The van der Waals surface area contributed by atoms with Crippen LogP contribution in [0.2, 0.25) is 0 Å². The van der Waals surface area contributed by atoms with E-state index < -0.39 is 36.8 Å². The summed E-state index contributed by atoms with van der Waals surface area (Å²) < 4.78 is 118. The first-order valence-electron chi connectivity index (χ1n) is 14.4. The molecule has 0 N–H and O–H groups in total. The van der Waals surface area contributed by atoms with Crippen molar-refractivity contribution >= 4 is 24.1 Å². The lowest BCUT2D eigenvalue weighted by atomic mass is 9.97. The highest BCUT2D eigenvalue weighted by molar-refractivity contribution is 5.77. The summed E-state index contributed by atoms with van der Waals surface area (Å²) in [6.07, 6.45) is -3.58. The van der Waals surface area contributed by atoms with Gasteiger partial charge in [0.05, 0.1) is 12.2 Å². The first kappa shape index (κ1) is 36.3. The van der Waals surface area contributed by atoms with E-state index in [1.165, 1.54) is 24.3 Å². The predicted molar refractivity (Wildman–Crippen MR) is 157 cm³/mol. The van der Waals surface area contributed by atoms with Crippen LogP contribution in [0.5, 0.6) is 0 Å². The average Bonchev–Trinajstić information content (AvgIpc) is 3.02. The number of alkyl halides is 9. The second-order valence-corrected chi connectivity index (χ2v) is 10.6. The van der Waals surface area contributed by atoms with E-state index in [4.69, 9.17) is 0 Å². The van der Waals surface area contributed by atoms with Gasteiger partial charge < -0.3 is 0 Å². The number of carbonyl (C=O) groups excluding carboxylic acids is 1. The molecule has 3 aromatic rings. The Bertz CT molecular complexity index is 1500. The van der Waals surface area contributed by atoms with Crippen LogP contribution in [0.3, 0.4) is 0 Å². The van der Waals surface area contributed by atoms with Crippen molar-refractivity contribution in [2.45, 2.75) is 70.0 Å². The average molecular weight is 658 g/mol. The highest BCUT2D eigenvalue weighted by Crippen LogP contribution is 2.54. The molecule has 0 heterocycles. The molecule has 0 saturated heterocycles. The monoisotopic (exact) mass is 657 g/mol. The molecule has 0 atom stereocenters. The minimum Gasteiger partial charge on any atom is -0.298 e. The number of aldehydes is 1. The fraction of sp³-hybridized carbons (Fsp3) is 0.364. The molecule has 4 nitrogen and oxygen atoms in total. The molecule has 0 aliphatic heterocycles. The van der Waals surface area contributed by atoms with Gasteiger partial charge >= 0.3 is 23.9 Å². The normalized spacial score (nSPS) is 13.1. The Morgan fingerprint density at radius 1 is 0.717 bits per heavy atom. The molecule has 0 unspecified atom stereocenters. The highest BCUT2D eigenvalue weighted by atomic mass is 19.4. The first-order valence-corrected chi connectivity index (χ1v) is 14.4. The van der Waals surface area contributed by atoms with Crippen LogP contribution in [0.25, 0.3) is 12.2 Å². The minimum absolute atomic E-state index is 0.0536. The van der Waals surface area contributed by atoms with Crippen molar-refractivity contribution in [2.75, 3.05) is 6.54 Å². The van der Waals surface area contributed by atoms with E-state index in [0.29, 0.717) is 36.2 Å². The van der Waals surface area contributed by atoms with Crippen molar-refractivity contribution < 1.29 is 44.3 Å². The van der Waals surface area contributed by atoms with E-state index in [1.54, 1.807) is 17.1 Å². The number of hydrogen-bond acceptors (Lipinski definition) is 3. The number of carbonyl (C=O) groups is 1. The third-order valence-electron chi connectivity index (χ3n) is 7.11. The van der Waals surface area contributed by atoms with Crippen LogP contribution in [0.4, 0.5) is 45.2 Å². The second kappa shape index (κ2) is 15.0. The first-order chi connectivity index (χ1) is 21.5. The Morgan fingerprint density at radius 2 is 1.28 bits per heavy atom. The summed E-state index contributed by atoms with van der Waals surface area (Å²) in [5.41, 5.74) is 4.76. The molecular weight excluding hydrogens is 625 g/mol. The van der Waals surface area contributed by atoms with Crippen molar-refractivity contribution in [3.05, 3.63) is 100 Å². The third-order valence-corrected chi connectivity index (χ3v) is 7.11. The number of hydrogen-bond donors (Lipinski definition) is 0. The molecule has 0 fully saturated rings. The number of halogens is 9. The summed E-state index contributed by atoms with van der Waals surface area (Å²) in [6.45, 7) is 4.65. The summed E-state index contributed by atoms with van der Waals surface area (Å²) in [5, 5.41) is 10.4. The molecule has 0 aromatic heterocycles. The van der Waals surface area contributed by atoms with Gasteiger partial charge in [-0.2, -0.15) is 39.5 Å². The lowest BCUT2D eigenvalue weighted by Gasteiger charge is -2.33. The summed E-state index contributed by atoms with van der Waals surface area (Å²) in [4.78, 5) is 10.8. The Balaban J connectivity index is 1.66. The molecule has 46 heavy (non-hydrogen) atoms. The van der Waals surface area contributed by atoms with Crippen LogP contribution in [0.15, 0.2) is 77.1 Å². The van der Waals surface area contributed by atoms with Crippen molar-refractivity contribution in [1.29, 1.82) is 0 Å². The molecule has 0 radical (unpaired) electrons. The van der Waals surface area contributed by atoms with Gasteiger partial charge in [-0.25, -0.2) is 0 Å². The van der Waals surface area contributed by atoms with Gasteiger partial charge in [0.25, 0.3) is 0 Å². The van der Waals surface area contributed by atoms with E-state index in [0.717, 1.165) is 23.0 Å². The topological polar surface area (TPSA) is 45.0 Å². The van der Waals surface area contributed by atoms with Gasteiger partial charge in [0.2, 0.25) is 0 Å². The van der Waals surface area contributed by atoms with Gasteiger partial charge in [-0.15, -0.1) is 5.11 Å². The van der Waals surface area contributed by atoms with Crippen molar-refractivity contribution in [3.8, 4) is 0 Å². The van der Waals surface area contributed by atoms with Crippen molar-refractivity contribution in [2.24, 2.45) is 10.3 Å². The molecule has 248 valence electrons. The molecule has 0 aliphatic rings. The maximum Gasteiger partial charge on any atom is 0.460 e. The van der Waals surface area contributed by atoms with Crippen LogP contribution in [-0.2, 0) is 19.4 Å². The van der Waals surface area contributed by atoms with E-state index in [9.17, 15) is 44.3 Å². The van der Waals surface area contributed by atoms with Gasteiger partial charge in [0.15, 0.2) is 0 Å². The zero-order valence-electron chi connectivity index (χ0n) is 25.0. The SMILES string of the molecule is CCCN(Cc1ccc(CCC(F)(F)C(F)(F)C(F)(F)C(F)(F)F)cc1)N=Nc1ccc(/C=C/c2ccc(C=O)cc2)cc1CC. The van der Waals surface area contributed by atoms with Gasteiger partial charge in [-0.1, -0.05) is 85.8 Å². The number of nitrogens with zero attached hydrogens (tertiary/aromatic N) is 3. The van der Waals surface area contributed by atoms with E-state index in [-0.39, 0.29) is 12.1 Å². The molecule has 13 heteroatoms. The molecular formula is C33H32F9N3O. The smallest absolute Gasteiger partial charge is 0.298 e. The summed E-state index contributed by atoms with van der Waals surface area (Å²) >= 11 is 0. The quantitative estimate of drug-likeness (QED) is 0.0537. The third kappa shape index (κ3) is 8.76. The molecule has 0 bridgehead atoms. The van der Waals surface area contributed by atoms with Gasteiger partial charge in [0.1, 0.15) is 6.29 Å². The van der Waals surface area contributed by atoms with Crippen LogP contribution in [0.1, 0.15) is 64.9 Å². The Labute approximate surface area is 260 Å². The van der Waals surface area contributed by atoms with Gasteiger partial charge in [-0.05, 0) is 59.2 Å². The minimum atomic E-state index is -6.89. The molecule has 3 rings (SSSR count). The largest absolute Gasteiger partial charge is 0.460 e. The Morgan fingerprint density at radius 3 is 1.85 bits per heavy atom. The summed E-state index contributed by atoms with van der Waals surface area (Å²) in [5.74, 6) is -19.1. The predicted octanol–water partition coefficient (Wildman–Crippen LogP) is 10.5. The number of aryl methyl sites for hydroxylation is 2. The maximum atomic E-state index is 13.9. The fourth-order valence-electron chi connectivity index (χ4n) is 4.38. The Kier molecular flexibility index (Phi) is 11.8. The van der Waals surface area contributed by atoms with E-state index in [1.807, 2.05) is 56.3 Å². The van der Waals surface area contributed by atoms with E-state index >= 15 is 0 Å². The van der Waals surface area contributed by atoms with E-state index in [2.05, 4.69) is 10.3 Å². The standard InChI is InChI=1S/C33H32F9N3O/c1-3-19-45(44-43-29-16-15-25(20-28(29)4-2)10-5-23-8-13-27(22-46)14-9-23)21-26-11-6-24(7-12-26)17-18-30(34,35)31(36,37)32(38,39)33(40,41)42/h5-16,20,22H,3-4,17-19,21H2,1-2H3/b10-5+,44-43?. The lowest BCUT2D eigenvalue weighted by Crippen LogP contribution is -2.60. The summed E-state index contributed by atoms with van der Waals surface area (Å²) in [7, 11) is 0. The highest BCUT2D eigenvalue weighted by Gasteiger charge is 2.81. The molecule has 3 aromatic carbocycles. The van der Waals surface area contributed by atoms with Crippen molar-refractivity contribution in [1.82, 2.24) is 5.01 Å². The molecule has 0 aliphatic carbocycles. The van der Waals surface area contributed by atoms with Gasteiger partial charge in [-0.3, -0.25) is 9.80 Å². The molecule has 0 amide bonds. The molecule has 0 spiro atoms. The lowest BCUT2D eigenvalue weighted by molar-refractivity contribution is -0.396. The Hall–Kier alpha value is -4.16.